The first-order chi connectivity index (χ1) is 28.7. The molecule has 3 N–H and O–H groups in total. The average Bonchev–Trinajstić information content (AvgIpc) is 3.73. The van der Waals surface area contributed by atoms with Gasteiger partial charge >= 0.3 is 0 Å². The van der Waals surface area contributed by atoms with Gasteiger partial charge in [0, 0.05) is 69.0 Å². The maximum Gasteiger partial charge on any atom is 0.262 e. The van der Waals surface area contributed by atoms with Crippen LogP contribution in [0.15, 0.2) is 79.1 Å². The average molecular weight is 799 g/mol. The maximum atomic E-state index is 16.3. The van der Waals surface area contributed by atoms with Gasteiger partial charge in [-0.25, -0.2) is 19.0 Å². The molecule has 10 rings (SSSR count). The zero-order valence-corrected chi connectivity index (χ0v) is 32.2. The smallest absolute Gasteiger partial charge is 0.262 e. The van der Waals surface area contributed by atoms with Crippen LogP contribution >= 0.6 is 0 Å². The Hall–Kier alpha value is -6.26. The molecular formula is C43H43FN10O5. The quantitative estimate of drug-likeness (QED) is 0.215. The van der Waals surface area contributed by atoms with Crippen LogP contribution in [0.3, 0.4) is 0 Å². The number of anilines is 2. The van der Waals surface area contributed by atoms with Gasteiger partial charge in [-0.05, 0) is 80.3 Å². The fourth-order valence-electron chi connectivity index (χ4n) is 9.43. The number of nitrogens with zero attached hydrogens (tertiary/aromatic N) is 8. The van der Waals surface area contributed by atoms with E-state index < -0.39 is 41.9 Å². The predicted octanol–water partition coefficient (Wildman–Crippen LogP) is 4.21. The molecule has 0 bridgehead atoms. The summed E-state index contributed by atoms with van der Waals surface area (Å²) in [7, 11) is 0. The summed E-state index contributed by atoms with van der Waals surface area (Å²) >= 11 is 0. The van der Waals surface area contributed by atoms with Gasteiger partial charge in [-0.1, -0.05) is 18.2 Å². The van der Waals surface area contributed by atoms with Crippen LogP contribution in [0.4, 0.5) is 15.9 Å². The number of fused-ring (bicyclic) bond motifs is 2. The van der Waals surface area contributed by atoms with E-state index >= 15 is 4.39 Å². The number of benzene rings is 3. The second-order valence-electron chi connectivity index (χ2n) is 16.1. The number of ether oxygens (including phenoxy) is 1. The highest BCUT2D eigenvalue weighted by atomic mass is 19.1. The number of para-hydroxylation sites is 1. The summed E-state index contributed by atoms with van der Waals surface area (Å²) in [4.78, 5) is 67.3. The number of alkyl halides is 1. The lowest BCUT2D eigenvalue weighted by Crippen LogP contribution is -2.62. The molecule has 2 aromatic heterocycles. The number of imide groups is 2. The summed E-state index contributed by atoms with van der Waals surface area (Å²) in [5.74, 6) is -0.309. The molecule has 59 heavy (non-hydrogen) atoms. The molecule has 0 spiro atoms. The van der Waals surface area contributed by atoms with Crippen molar-refractivity contribution < 1.29 is 28.3 Å². The summed E-state index contributed by atoms with van der Waals surface area (Å²) in [5, 5.41) is 7.78. The van der Waals surface area contributed by atoms with E-state index in [9.17, 15) is 19.2 Å². The molecule has 5 aromatic rings. The van der Waals surface area contributed by atoms with Gasteiger partial charge < -0.3 is 15.4 Å². The second-order valence-corrected chi connectivity index (χ2v) is 16.1. The predicted molar refractivity (Wildman–Crippen MR) is 216 cm³/mol. The van der Waals surface area contributed by atoms with Gasteiger partial charge in [0.2, 0.25) is 11.8 Å². The van der Waals surface area contributed by atoms with Crippen molar-refractivity contribution in [3.05, 3.63) is 90.3 Å². The molecular weight excluding hydrogens is 756 g/mol. The molecule has 5 aliphatic heterocycles. The van der Waals surface area contributed by atoms with Crippen molar-refractivity contribution in [2.75, 3.05) is 49.9 Å². The molecule has 0 aliphatic carbocycles. The molecule has 3 atom stereocenters. The highest BCUT2D eigenvalue weighted by Crippen LogP contribution is 2.38. The Kier molecular flexibility index (Phi) is 9.32. The number of nitrogens with one attached hydrogen (secondary N) is 1. The van der Waals surface area contributed by atoms with Crippen molar-refractivity contribution >= 4 is 46.2 Å². The Labute approximate surface area is 338 Å². The molecule has 7 heterocycles. The summed E-state index contributed by atoms with van der Waals surface area (Å²) in [6.45, 7) is 4.47. The Morgan fingerprint density at radius 2 is 1.49 bits per heavy atom. The Morgan fingerprint density at radius 1 is 0.763 bits per heavy atom. The first-order valence-electron chi connectivity index (χ1n) is 20.2. The number of nitrogen functional groups attached to an aromatic ring is 1. The van der Waals surface area contributed by atoms with E-state index in [2.05, 4.69) is 30.0 Å². The fraction of sp³-hybridized carbons (Fsp3) is 0.372. The van der Waals surface area contributed by atoms with Gasteiger partial charge in [-0.2, -0.15) is 5.10 Å². The van der Waals surface area contributed by atoms with Crippen LogP contribution in [0.25, 0.3) is 22.3 Å². The van der Waals surface area contributed by atoms with Crippen LogP contribution in [0, 0.1) is 0 Å². The number of halogens is 1. The number of hydrogen-bond donors (Lipinski definition) is 2. The lowest BCUT2D eigenvalue weighted by Gasteiger charge is -2.50. The van der Waals surface area contributed by atoms with E-state index in [-0.39, 0.29) is 30.0 Å². The van der Waals surface area contributed by atoms with Crippen molar-refractivity contribution in [3.63, 3.8) is 0 Å². The van der Waals surface area contributed by atoms with Gasteiger partial charge in [0.05, 0.1) is 22.6 Å². The maximum absolute atomic E-state index is 16.3. The zero-order chi connectivity index (χ0) is 40.4. The number of aromatic nitrogens is 4. The Bertz CT molecular complexity index is 2470. The van der Waals surface area contributed by atoms with Crippen LogP contribution in [0.5, 0.6) is 11.5 Å². The summed E-state index contributed by atoms with van der Waals surface area (Å²) in [5.41, 5.74) is 9.75. The summed E-state index contributed by atoms with van der Waals surface area (Å²) in [6.07, 6.45) is 2.94. The van der Waals surface area contributed by atoms with E-state index in [1.165, 1.54) is 6.33 Å². The van der Waals surface area contributed by atoms with Crippen LogP contribution in [-0.2, 0) is 9.59 Å². The van der Waals surface area contributed by atoms with Crippen molar-refractivity contribution in [3.8, 4) is 22.8 Å². The van der Waals surface area contributed by atoms with E-state index in [0.29, 0.717) is 47.3 Å². The van der Waals surface area contributed by atoms with Crippen LogP contribution in [0.2, 0.25) is 0 Å². The van der Waals surface area contributed by atoms with Crippen molar-refractivity contribution in [1.82, 2.24) is 39.8 Å². The number of nitrogens with two attached hydrogens (primary N) is 1. The first-order valence-corrected chi connectivity index (χ1v) is 20.2. The van der Waals surface area contributed by atoms with Gasteiger partial charge in [0.15, 0.2) is 5.65 Å². The zero-order valence-electron chi connectivity index (χ0n) is 32.2. The van der Waals surface area contributed by atoms with Gasteiger partial charge in [0.25, 0.3) is 11.8 Å². The number of rotatable bonds is 8. The fourth-order valence-corrected chi connectivity index (χ4v) is 9.43. The number of carbonyl (C=O) groups excluding carboxylic acids is 4. The van der Waals surface area contributed by atoms with Gasteiger partial charge in [-0.15, -0.1) is 0 Å². The third kappa shape index (κ3) is 6.65. The Balaban J connectivity index is 0.745. The van der Waals surface area contributed by atoms with E-state index in [1.54, 1.807) is 16.8 Å². The number of amides is 4. The first kappa shape index (κ1) is 37.0. The molecule has 3 aromatic carbocycles. The van der Waals surface area contributed by atoms with Gasteiger partial charge in [0.1, 0.15) is 41.6 Å². The lowest BCUT2D eigenvalue weighted by atomic mass is 9.94. The standard InChI is InChI=1S/C43H43FN10O5/c44-33-23-51(19-16-34(33)54-40-37(39(45)46-24-47-40)38(49-54)25-6-9-30(10-7-25)59-29-4-2-1-3-5-29)26-14-17-50(18-15-26)28-21-52(22-28)27-8-11-31-32(20-27)43(58)53(42(31)57)35-12-13-36(55)48-41(35)56/h1-11,20,24,26,28,33-35H,12-19,21-23H2,(H2,45,46,47)(H,48,55,56)/t33-,34+,35?/m1/s1. The number of likely N-dealkylation sites (tertiary alicyclic amines) is 2. The molecule has 15 nitrogen and oxygen atoms in total. The van der Waals surface area contributed by atoms with Gasteiger partial charge in [-0.3, -0.25) is 39.2 Å². The second kappa shape index (κ2) is 14.8. The monoisotopic (exact) mass is 798 g/mol. The lowest BCUT2D eigenvalue weighted by molar-refractivity contribution is -0.136. The van der Waals surface area contributed by atoms with Crippen molar-refractivity contribution in [1.29, 1.82) is 0 Å². The van der Waals surface area contributed by atoms with Crippen molar-refractivity contribution in [2.45, 2.75) is 62.4 Å². The van der Waals surface area contributed by atoms with Crippen LogP contribution in [0.1, 0.15) is 58.9 Å². The Morgan fingerprint density at radius 3 is 2.24 bits per heavy atom. The number of piperidine rings is 3. The number of carbonyl (C=O) groups is 4. The molecule has 0 radical (unpaired) electrons. The summed E-state index contributed by atoms with van der Waals surface area (Å²) in [6, 6.07) is 21.6. The highest BCUT2D eigenvalue weighted by molar-refractivity contribution is 6.23. The van der Waals surface area contributed by atoms with E-state index in [4.69, 9.17) is 15.6 Å². The molecule has 4 fully saturated rings. The summed E-state index contributed by atoms with van der Waals surface area (Å²) < 4.78 is 24.0. The molecule has 0 saturated carbocycles. The normalized spacial score (nSPS) is 23.4. The van der Waals surface area contributed by atoms with E-state index in [0.717, 1.165) is 67.5 Å². The van der Waals surface area contributed by atoms with Crippen LogP contribution in [-0.4, -0.2) is 122 Å². The molecule has 5 aliphatic rings. The minimum absolute atomic E-state index is 0.0808. The topological polar surface area (TPSA) is 172 Å². The largest absolute Gasteiger partial charge is 0.457 e. The molecule has 4 amide bonds. The molecule has 16 heteroatoms. The molecule has 4 saturated heterocycles. The third-order valence-corrected chi connectivity index (χ3v) is 12.7. The molecule has 1 unspecified atom stereocenters. The third-order valence-electron chi connectivity index (χ3n) is 12.7. The van der Waals surface area contributed by atoms with Crippen molar-refractivity contribution in [2.24, 2.45) is 0 Å². The van der Waals surface area contributed by atoms with E-state index in [1.807, 2.05) is 60.7 Å². The SMILES string of the molecule is Nc1ncnc2c1c(-c1ccc(Oc3ccccc3)cc1)nn2[C@H]1CCN(C2CCN(C3CN(c4ccc5c(c4)C(=O)N(C4CCC(=O)NC4=O)C5=O)C3)CC2)C[C@H]1F. The molecule has 302 valence electrons. The number of hydrogen-bond acceptors (Lipinski definition) is 12. The van der Waals surface area contributed by atoms with Crippen LogP contribution < -0.4 is 20.7 Å². The minimum Gasteiger partial charge on any atom is -0.457 e. The highest BCUT2D eigenvalue weighted by Gasteiger charge is 2.45. The minimum atomic E-state index is -1.15.